The maximum absolute atomic E-state index is 9.94. The number of ether oxygens (including phenoxy) is 1. The van der Waals surface area contributed by atoms with Crippen LogP contribution in [0.3, 0.4) is 0 Å². The van der Waals surface area contributed by atoms with E-state index in [4.69, 9.17) is 4.74 Å². The third kappa shape index (κ3) is 5.25. The highest BCUT2D eigenvalue weighted by atomic mass is 79.9. The maximum atomic E-state index is 9.94. The molecule has 1 aromatic rings. The molecule has 118 valence electrons. The van der Waals surface area contributed by atoms with Crippen LogP contribution in [-0.4, -0.2) is 42.6 Å². The van der Waals surface area contributed by atoms with Crippen molar-refractivity contribution in [1.29, 1.82) is 0 Å². The second kappa shape index (κ2) is 8.13. The van der Waals surface area contributed by atoms with Crippen LogP contribution in [0.5, 0.6) is 5.75 Å². The third-order valence-corrected chi connectivity index (χ3v) is 4.66. The highest BCUT2D eigenvalue weighted by Crippen LogP contribution is 2.36. The zero-order valence-corrected chi connectivity index (χ0v) is 13.8. The predicted octanol–water partition coefficient (Wildman–Crippen LogP) is 2.33. The largest absolute Gasteiger partial charge is 0.491 e. The average Bonchev–Trinajstić information content (AvgIpc) is 2.96. The molecule has 1 fully saturated rings. The highest BCUT2D eigenvalue weighted by Gasteiger charge is 2.32. The van der Waals surface area contributed by atoms with Crippen LogP contribution >= 0.6 is 15.9 Å². The maximum Gasteiger partial charge on any atom is 0.119 e. The van der Waals surface area contributed by atoms with Crippen molar-refractivity contribution >= 4 is 15.9 Å². The number of rotatable bonds is 8. The van der Waals surface area contributed by atoms with Crippen LogP contribution in [-0.2, 0) is 0 Å². The summed E-state index contributed by atoms with van der Waals surface area (Å²) in [5.74, 6) is 0.750. The number of aliphatic hydroxyl groups excluding tert-OH is 2. The predicted molar refractivity (Wildman–Crippen MR) is 86.5 cm³/mol. The number of aliphatic hydroxyl groups is 2. The van der Waals surface area contributed by atoms with Gasteiger partial charge in [0.1, 0.15) is 18.5 Å². The Morgan fingerprint density at radius 3 is 2.52 bits per heavy atom. The fraction of sp³-hybridized carbons (Fsp3) is 0.625. The number of nitrogens with one attached hydrogen (secondary N) is 1. The van der Waals surface area contributed by atoms with Crippen LogP contribution in [0.1, 0.15) is 25.7 Å². The molecule has 1 saturated carbocycles. The van der Waals surface area contributed by atoms with Crippen molar-refractivity contribution in [3.63, 3.8) is 0 Å². The summed E-state index contributed by atoms with van der Waals surface area (Å²) >= 11 is 3.37. The lowest BCUT2D eigenvalue weighted by Crippen LogP contribution is -2.40. The van der Waals surface area contributed by atoms with E-state index in [0.717, 1.165) is 29.6 Å². The topological polar surface area (TPSA) is 61.7 Å². The molecular formula is C16H24BrNO3. The van der Waals surface area contributed by atoms with Gasteiger partial charge in [-0.1, -0.05) is 28.8 Å². The van der Waals surface area contributed by atoms with E-state index in [2.05, 4.69) is 21.2 Å². The van der Waals surface area contributed by atoms with Crippen molar-refractivity contribution in [3.05, 3.63) is 28.7 Å². The molecule has 1 aliphatic rings. The van der Waals surface area contributed by atoms with Gasteiger partial charge < -0.3 is 20.3 Å². The first-order chi connectivity index (χ1) is 10.1. The monoisotopic (exact) mass is 357 g/mol. The van der Waals surface area contributed by atoms with Gasteiger partial charge in [0.2, 0.25) is 0 Å². The summed E-state index contributed by atoms with van der Waals surface area (Å²) in [5.41, 5.74) is 0.0201. The van der Waals surface area contributed by atoms with Crippen molar-refractivity contribution in [1.82, 2.24) is 5.32 Å². The molecule has 0 aromatic heterocycles. The van der Waals surface area contributed by atoms with E-state index >= 15 is 0 Å². The Hall–Kier alpha value is -0.620. The van der Waals surface area contributed by atoms with E-state index in [1.165, 1.54) is 12.8 Å². The Balaban J connectivity index is 1.65. The van der Waals surface area contributed by atoms with E-state index < -0.39 is 6.10 Å². The minimum atomic E-state index is -0.550. The molecule has 0 heterocycles. The molecule has 0 spiro atoms. The second-order valence-electron chi connectivity index (χ2n) is 5.91. The van der Waals surface area contributed by atoms with Crippen LogP contribution in [0.2, 0.25) is 0 Å². The summed E-state index contributed by atoms with van der Waals surface area (Å²) in [6.07, 6.45) is 3.98. The molecule has 0 aliphatic heterocycles. The zero-order valence-electron chi connectivity index (χ0n) is 12.2. The Bertz CT molecular complexity index is 418. The van der Waals surface area contributed by atoms with Crippen LogP contribution in [0.4, 0.5) is 0 Å². The summed E-state index contributed by atoms with van der Waals surface area (Å²) in [5, 5.41) is 22.7. The van der Waals surface area contributed by atoms with Crippen molar-refractivity contribution in [2.75, 3.05) is 26.3 Å². The summed E-state index contributed by atoms with van der Waals surface area (Å²) < 4.78 is 6.54. The van der Waals surface area contributed by atoms with Gasteiger partial charge in [-0.3, -0.25) is 0 Å². The van der Waals surface area contributed by atoms with Gasteiger partial charge in [0.15, 0.2) is 0 Å². The first-order valence-corrected chi connectivity index (χ1v) is 8.31. The van der Waals surface area contributed by atoms with Gasteiger partial charge in [-0.25, -0.2) is 0 Å². The molecule has 21 heavy (non-hydrogen) atoms. The van der Waals surface area contributed by atoms with E-state index in [1.807, 2.05) is 24.3 Å². The van der Waals surface area contributed by atoms with Crippen molar-refractivity contribution in [3.8, 4) is 5.75 Å². The van der Waals surface area contributed by atoms with Crippen LogP contribution in [0.25, 0.3) is 0 Å². The fourth-order valence-corrected chi connectivity index (χ4v) is 3.07. The number of hydrogen-bond acceptors (Lipinski definition) is 4. The molecule has 1 aromatic carbocycles. The van der Waals surface area contributed by atoms with Crippen LogP contribution in [0.15, 0.2) is 28.7 Å². The van der Waals surface area contributed by atoms with Crippen molar-refractivity contribution in [2.24, 2.45) is 5.41 Å². The first-order valence-electron chi connectivity index (χ1n) is 7.52. The molecule has 5 heteroatoms. The lowest BCUT2D eigenvalue weighted by atomic mass is 9.87. The molecule has 0 bridgehead atoms. The summed E-state index contributed by atoms with van der Waals surface area (Å²) in [6.45, 7) is 1.74. The first kappa shape index (κ1) is 16.7. The Kier molecular flexibility index (Phi) is 6.48. The van der Waals surface area contributed by atoms with E-state index in [9.17, 15) is 10.2 Å². The highest BCUT2D eigenvalue weighted by molar-refractivity contribution is 9.10. The molecule has 0 radical (unpaired) electrons. The smallest absolute Gasteiger partial charge is 0.119 e. The van der Waals surface area contributed by atoms with Gasteiger partial charge in [-0.2, -0.15) is 0 Å². The molecule has 1 aliphatic carbocycles. The second-order valence-corrected chi connectivity index (χ2v) is 6.83. The Morgan fingerprint density at radius 2 is 1.90 bits per heavy atom. The molecule has 3 N–H and O–H groups in total. The Labute approximate surface area is 134 Å². The van der Waals surface area contributed by atoms with Crippen LogP contribution < -0.4 is 10.1 Å². The lowest BCUT2D eigenvalue weighted by Gasteiger charge is -2.27. The minimum Gasteiger partial charge on any atom is -0.491 e. The molecule has 4 nitrogen and oxygen atoms in total. The molecule has 0 saturated heterocycles. The lowest BCUT2D eigenvalue weighted by molar-refractivity contribution is 0.0918. The summed E-state index contributed by atoms with van der Waals surface area (Å²) in [7, 11) is 0. The molecule has 1 atom stereocenters. The van der Waals surface area contributed by atoms with Gasteiger partial charge in [-0.15, -0.1) is 0 Å². The molecular weight excluding hydrogens is 334 g/mol. The zero-order chi connectivity index (χ0) is 15.1. The number of benzene rings is 1. The SMILES string of the molecule is OCC1(CNCC(O)COc2ccc(Br)cc2)CCCC1. The van der Waals surface area contributed by atoms with E-state index in [0.29, 0.717) is 6.54 Å². The van der Waals surface area contributed by atoms with Gasteiger partial charge >= 0.3 is 0 Å². The van der Waals surface area contributed by atoms with Gasteiger partial charge in [-0.05, 0) is 37.1 Å². The fourth-order valence-electron chi connectivity index (χ4n) is 2.80. The van der Waals surface area contributed by atoms with Gasteiger partial charge in [0.25, 0.3) is 0 Å². The van der Waals surface area contributed by atoms with Crippen LogP contribution in [0, 0.1) is 5.41 Å². The van der Waals surface area contributed by atoms with Crippen molar-refractivity contribution < 1.29 is 14.9 Å². The Morgan fingerprint density at radius 1 is 1.24 bits per heavy atom. The summed E-state index contributed by atoms with van der Waals surface area (Å²) in [6, 6.07) is 7.54. The summed E-state index contributed by atoms with van der Waals surface area (Å²) in [4.78, 5) is 0. The molecule has 1 unspecified atom stereocenters. The number of halogens is 1. The molecule has 2 rings (SSSR count). The standard InChI is InChI=1S/C16H24BrNO3/c17-13-3-5-15(6-4-13)21-10-14(20)9-18-11-16(12-19)7-1-2-8-16/h3-6,14,18-20H,1-2,7-12H2. The quantitative estimate of drug-likeness (QED) is 0.668. The van der Waals surface area contributed by atoms with Gasteiger partial charge in [0.05, 0.1) is 0 Å². The molecule has 0 amide bonds. The van der Waals surface area contributed by atoms with E-state index in [1.54, 1.807) is 0 Å². The average molecular weight is 358 g/mol. The van der Waals surface area contributed by atoms with Crippen molar-refractivity contribution in [2.45, 2.75) is 31.8 Å². The number of hydrogen-bond donors (Lipinski definition) is 3. The van der Waals surface area contributed by atoms with E-state index in [-0.39, 0.29) is 18.6 Å². The third-order valence-electron chi connectivity index (χ3n) is 4.14. The van der Waals surface area contributed by atoms with Gasteiger partial charge in [0, 0.05) is 29.6 Å². The minimum absolute atomic E-state index is 0.0201. The normalized spacial score (nSPS) is 18.6.